The van der Waals surface area contributed by atoms with E-state index in [1.54, 1.807) is 39.0 Å². The summed E-state index contributed by atoms with van der Waals surface area (Å²) in [7, 11) is 0. The number of carbonyl (C=O) groups is 2. The van der Waals surface area contributed by atoms with Gasteiger partial charge in [-0.1, -0.05) is 30.3 Å². The minimum absolute atomic E-state index is 0.214. The number of para-hydroxylation sites is 1. The van der Waals surface area contributed by atoms with Crippen molar-refractivity contribution in [2.45, 2.75) is 26.4 Å². The topological polar surface area (TPSA) is 75.6 Å². The van der Waals surface area contributed by atoms with E-state index >= 15 is 0 Å². The fourth-order valence-electron chi connectivity index (χ4n) is 2.05. The number of rotatable bonds is 3. The third-order valence-electron chi connectivity index (χ3n) is 3.01. The van der Waals surface area contributed by atoms with Crippen LogP contribution >= 0.6 is 0 Å². The lowest BCUT2D eigenvalue weighted by Crippen LogP contribution is -2.27. The Hall–Kier alpha value is -2.82. The van der Waals surface area contributed by atoms with Crippen molar-refractivity contribution in [3.05, 3.63) is 54.1 Å². The van der Waals surface area contributed by atoms with Crippen molar-refractivity contribution < 1.29 is 19.4 Å². The summed E-state index contributed by atoms with van der Waals surface area (Å²) in [5.41, 5.74) is 1.83. The molecule has 0 unspecified atom stereocenters. The molecular weight excluding hydrogens is 294 g/mol. The van der Waals surface area contributed by atoms with Crippen molar-refractivity contribution in [2.75, 3.05) is 5.32 Å². The predicted octanol–water partition coefficient (Wildman–Crippen LogP) is 4.40. The lowest BCUT2D eigenvalue weighted by molar-refractivity contribution is 0.0634. The number of nitrogens with one attached hydrogen (secondary N) is 1. The van der Waals surface area contributed by atoms with Crippen LogP contribution in [0.1, 0.15) is 31.1 Å². The minimum Gasteiger partial charge on any atom is -0.478 e. The molecule has 0 aliphatic carbocycles. The Bertz CT molecular complexity index is 715. The third-order valence-corrected chi connectivity index (χ3v) is 3.01. The summed E-state index contributed by atoms with van der Waals surface area (Å²) in [6, 6.07) is 13.7. The van der Waals surface area contributed by atoms with Crippen molar-refractivity contribution in [3.8, 4) is 11.1 Å². The Morgan fingerprint density at radius 3 is 2.17 bits per heavy atom. The van der Waals surface area contributed by atoms with E-state index in [1.165, 1.54) is 12.1 Å². The summed E-state index contributed by atoms with van der Waals surface area (Å²) >= 11 is 0. The number of hydrogen-bond donors (Lipinski definition) is 2. The SMILES string of the molecule is CC(C)(C)OC(=O)Nc1ccccc1-c1ccc(C(=O)O)cc1. The average Bonchev–Trinajstić information content (AvgIpc) is 2.46. The lowest BCUT2D eigenvalue weighted by Gasteiger charge is -2.20. The highest BCUT2D eigenvalue weighted by molar-refractivity contribution is 5.92. The van der Waals surface area contributed by atoms with Gasteiger partial charge in [-0.2, -0.15) is 0 Å². The van der Waals surface area contributed by atoms with Gasteiger partial charge in [0.2, 0.25) is 0 Å². The summed E-state index contributed by atoms with van der Waals surface area (Å²) in [4.78, 5) is 22.9. The summed E-state index contributed by atoms with van der Waals surface area (Å²) in [6.45, 7) is 5.38. The molecule has 0 heterocycles. The van der Waals surface area contributed by atoms with Gasteiger partial charge in [-0.25, -0.2) is 9.59 Å². The normalized spacial score (nSPS) is 10.9. The molecule has 0 atom stereocenters. The fraction of sp³-hybridized carbons (Fsp3) is 0.222. The molecule has 5 nitrogen and oxygen atoms in total. The van der Waals surface area contributed by atoms with Crippen LogP contribution in [0, 0.1) is 0 Å². The Kier molecular flexibility index (Phi) is 4.69. The summed E-state index contributed by atoms with van der Waals surface area (Å²) < 4.78 is 5.26. The molecule has 2 aromatic carbocycles. The number of ether oxygens (including phenoxy) is 1. The van der Waals surface area contributed by atoms with Crippen LogP contribution in [0.5, 0.6) is 0 Å². The number of benzene rings is 2. The molecule has 0 aromatic heterocycles. The molecule has 0 saturated carbocycles. The first-order chi connectivity index (χ1) is 10.8. The van der Waals surface area contributed by atoms with E-state index in [9.17, 15) is 9.59 Å². The fourth-order valence-corrected chi connectivity index (χ4v) is 2.05. The first-order valence-electron chi connectivity index (χ1n) is 7.19. The highest BCUT2D eigenvalue weighted by Gasteiger charge is 2.17. The number of amides is 1. The van der Waals surface area contributed by atoms with Crippen LogP contribution in [0.25, 0.3) is 11.1 Å². The molecule has 0 radical (unpaired) electrons. The second kappa shape index (κ2) is 6.52. The maximum Gasteiger partial charge on any atom is 0.412 e. The van der Waals surface area contributed by atoms with Crippen LogP contribution in [0.2, 0.25) is 0 Å². The molecule has 2 aromatic rings. The van der Waals surface area contributed by atoms with Gasteiger partial charge in [0.1, 0.15) is 5.60 Å². The van der Waals surface area contributed by atoms with Crippen molar-refractivity contribution in [1.82, 2.24) is 0 Å². The van der Waals surface area contributed by atoms with Crippen molar-refractivity contribution in [1.29, 1.82) is 0 Å². The Morgan fingerprint density at radius 1 is 1.00 bits per heavy atom. The molecule has 0 spiro atoms. The van der Waals surface area contributed by atoms with Crippen LogP contribution in [-0.4, -0.2) is 22.8 Å². The lowest BCUT2D eigenvalue weighted by atomic mass is 10.0. The van der Waals surface area contributed by atoms with Crippen LogP contribution in [0.3, 0.4) is 0 Å². The van der Waals surface area contributed by atoms with Gasteiger partial charge in [-0.15, -0.1) is 0 Å². The molecule has 0 bridgehead atoms. The maximum atomic E-state index is 11.9. The highest BCUT2D eigenvalue weighted by atomic mass is 16.6. The zero-order chi connectivity index (χ0) is 17.0. The molecule has 23 heavy (non-hydrogen) atoms. The zero-order valence-electron chi connectivity index (χ0n) is 13.3. The quantitative estimate of drug-likeness (QED) is 0.880. The summed E-state index contributed by atoms with van der Waals surface area (Å²) in [6.07, 6.45) is -0.535. The molecule has 5 heteroatoms. The highest BCUT2D eigenvalue weighted by Crippen LogP contribution is 2.28. The van der Waals surface area contributed by atoms with Gasteiger partial charge in [0, 0.05) is 5.56 Å². The number of carboxylic acid groups (broad SMARTS) is 1. The monoisotopic (exact) mass is 313 g/mol. The second-order valence-electron chi connectivity index (χ2n) is 6.05. The van der Waals surface area contributed by atoms with Gasteiger partial charge in [-0.05, 0) is 44.5 Å². The van der Waals surface area contributed by atoms with Crippen molar-refractivity contribution in [2.24, 2.45) is 0 Å². The number of carbonyl (C=O) groups excluding carboxylic acids is 1. The third kappa shape index (κ3) is 4.57. The van der Waals surface area contributed by atoms with Crippen molar-refractivity contribution in [3.63, 3.8) is 0 Å². The van der Waals surface area contributed by atoms with Crippen LogP contribution < -0.4 is 5.32 Å². The molecule has 120 valence electrons. The van der Waals surface area contributed by atoms with Gasteiger partial charge in [-0.3, -0.25) is 5.32 Å². The Labute approximate surface area is 134 Å². The van der Waals surface area contributed by atoms with E-state index in [1.807, 2.05) is 18.2 Å². The predicted molar refractivity (Wildman–Crippen MR) is 88.7 cm³/mol. The Balaban J connectivity index is 2.27. The second-order valence-corrected chi connectivity index (χ2v) is 6.05. The van der Waals surface area contributed by atoms with E-state index < -0.39 is 17.7 Å². The molecule has 1 amide bonds. The standard InChI is InChI=1S/C18H19NO4/c1-18(2,3)23-17(22)19-15-7-5-4-6-14(15)12-8-10-13(11-9-12)16(20)21/h4-11H,1-3H3,(H,19,22)(H,20,21). The van der Waals surface area contributed by atoms with E-state index in [2.05, 4.69) is 5.32 Å². The van der Waals surface area contributed by atoms with Crippen molar-refractivity contribution >= 4 is 17.7 Å². The summed E-state index contributed by atoms with van der Waals surface area (Å²) in [5, 5.41) is 11.7. The number of carboxylic acids is 1. The Morgan fingerprint density at radius 2 is 1.61 bits per heavy atom. The molecule has 0 fully saturated rings. The summed E-state index contributed by atoms with van der Waals surface area (Å²) in [5.74, 6) is -0.975. The first-order valence-corrected chi connectivity index (χ1v) is 7.19. The number of aromatic carboxylic acids is 1. The molecular formula is C18H19NO4. The number of anilines is 1. The smallest absolute Gasteiger partial charge is 0.412 e. The van der Waals surface area contributed by atoms with Gasteiger partial charge in [0.25, 0.3) is 0 Å². The molecule has 0 aliphatic rings. The van der Waals surface area contributed by atoms with Gasteiger partial charge in [0.15, 0.2) is 0 Å². The largest absolute Gasteiger partial charge is 0.478 e. The molecule has 2 rings (SSSR count). The van der Waals surface area contributed by atoms with Crippen LogP contribution in [-0.2, 0) is 4.74 Å². The molecule has 0 aliphatic heterocycles. The van der Waals surface area contributed by atoms with E-state index in [-0.39, 0.29) is 5.56 Å². The van der Waals surface area contributed by atoms with Crippen LogP contribution in [0.15, 0.2) is 48.5 Å². The van der Waals surface area contributed by atoms with E-state index in [0.29, 0.717) is 5.69 Å². The maximum absolute atomic E-state index is 11.9. The van der Waals surface area contributed by atoms with Gasteiger partial charge in [0.05, 0.1) is 11.3 Å². The van der Waals surface area contributed by atoms with E-state index in [0.717, 1.165) is 11.1 Å². The van der Waals surface area contributed by atoms with Gasteiger partial charge >= 0.3 is 12.1 Å². The van der Waals surface area contributed by atoms with Crippen LogP contribution in [0.4, 0.5) is 10.5 Å². The zero-order valence-corrected chi connectivity index (χ0v) is 13.3. The van der Waals surface area contributed by atoms with E-state index in [4.69, 9.17) is 9.84 Å². The number of hydrogen-bond acceptors (Lipinski definition) is 3. The van der Waals surface area contributed by atoms with Gasteiger partial charge < -0.3 is 9.84 Å². The average molecular weight is 313 g/mol. The minimum atomic E-state index is -0.975. The molecule has 0 saturated heterocycles. The molecule has 2 N–H and O–H groups in total. The first kappa shape index (κ1) is 16.5.